The lowest BCUT2D eigenvalue weighted by Gasteiger charge is -1.96. The standard InChI is InChI=1S/C8H12ClNOS/c1-2-3-11-5-8-10-7(4-9)6-12-8/h6H,2-5H2,1H3. The summed E-state index contributed by atoms with van der Waals surface area (Å²) in [6.07, 6.45) is 1.05. The molecular formula is C8H12ClNOS. The van der Waals surface area contributed by atoms with E-state index in [1.165, 1.54) is 0 Å². The van der Waals surface area contributed by atoms with Crippen LogP contribution in [0.15, 0.2) is 5.38 Å². The first kappa shape index (κ1) is 9.96. The van der Waals surface area contributed by atoms with E-state index in [4.69, 9.17) is 16.3 Å². The van der Waals surface area contributed by atoms with Crippen molar-refractivity contribution in [3.8, 4) is 0 Å². The third kappa shape index (κ3) is 3.09. The maximum absolute atomic E-state index is 5.60. The summed E-state index contributed by atoms with van der Waals surface area (Å²) in [6, 6.07) is 0. The monoisotopic (exact) mass is 205 g/mol. The van der Waals surface area contributed by atoms with Crippen LogP contribution in [-0.2, 0) is 17.2 Å². The summed E-state index contributed by atoms with van der Waals surface area (Å²) in [5, 5.41) is 2.98. The molecule has 1 aromatic heterocycles. The van der Waals surface area contributed by atoms with Crippen LogP contribution in [0.25, 0.3) is 0 Å². The van der Waals surface area contributed by atoms with Crippen molar-refractivity contribution < 1.29 is 4.74 Å². The summed E-state index contributed by atoms with van der Waals surface area (Å²) < 4.78 is 5.33. The second-order valence-electron chi connectivity index (χ2n) is 2.42. The Kier molecular flexibility index (Phi) is 4.58. The van der Waals surface area contributed by atoms with Gasteiger partial charge >= 0.3 is 0 Å². The molecule has 1 heterocycles. The molecule has 2 nitrogen and oxygen atoms in total. The number of halogens is 1. The predicted octanol–water partition coefficient (Wildman–Crippen LogP) is 2.81. The number of rotatable bonds is 5. The Morgan fingerprint density at radius 1 is 1.67 bits per heavy atom. The maximum Gasteiger partial charge on any atom is 0.119 e. The van der Waals surface area contributed by atoms with Gasteiger partial charge in [-0.3, -0.25) is 0 Å². The Labute approximate surface area is 81.5 Å². The molecule has 0 bridgehead atoms. The Morgan fingerprint density at radius 3 is 3.08 bits per heavy atom. The van der Waals surface area contributed by atoms with Crippen LogP contribution in [0.3, 0.4) is 0 Å². The van der Waals surface area contributed by atoms with Gasteiger partial charge in [0.25, 0.3) is 0 Å². The highest BCUT2D eigenvalue weighted by atomic mass is 35.5. The Balaban J connectivity index is 2.31. The smallest absolute Gasteiger partial charge is 0.119 e. The van der Waals surface area contributed by atoms with Crippen molar-refractivity contribution in [2.75, 3.05) is 6.61 Å². The van der Waals surface area contributed by atoms with Gasteiger partial charge < -0.3 is 4.74 Å². The van der Waals surface area contributed by atoms with Crippen LogP contribution in [0.1, 0.15) is 24.0 Å². The van der Waals surface area contributed by atoms with Gasteiger partial charge in [0, 0.05) is 12.0 Å². The summed E-state index contributed by atoms with van der Waals surface area (Å²) in [5.74, 6) is 0.490. The van der Waals surface area contributed by atoms with Gasteiger partial charge in [-0.25, -0.2) is 4.98 Å². The molecule has 0 spiro atoms. The molecule has 0 aliphatic rings. The van der Waals surface area contributed by atoms with Crippen LogP contribution >= 0.6 is 22.9 Å². The average Bonchev–Trinajstić information content (AvgIpc) is 2.53. The highest BCUT2D eigenvalue weighted by Gasteiger charge is 1.99. The molecular weight excluding hydrogens is 194 g/mol. The summed E-state index contributed by atoms with van der Waals surface area (Å²) in [7, 11) is 0. The largest absolute Gasteiger partial charge is 0.374 e. The van der Waals surface area contributed by atoms with Crippen molar-refractivity contribution >= 4 is 22.9 Å². The lowest BCUT2D eigenvalue weighted by atomic mass is 10.5. The van der Waals surface area contributed by atoms with Gasteiger partial charge in [0.2, 0.25) is 0 Å². The highest BCUT2D eigenvalue weighted by molar-refractivity contribution is 7.09. The topological polar surface area (TPSA) is 22.1 Å². The fourth-order valence-corrected chi connectivity index (χ4v) is 1.74. The van der Waals surface area contributed by atoms with Crippen LogP contribution in [0.5, 0.6) is 0 Å². The van der Waals surface area contributed by atoms with E-state index >= 15 is 0 Å². The number of hydrogen-bond acceptors (Lipinski definition) is 3. The number of thiazole rings is 1. The van der Waals surface area contributed by atoms with Crippen molar-refractivity contribution in [1.82, 2.24) is 4.98 Å². The Bertz CT molecular complexity index is 227. The number of nitrogens with zero attached hydrogens (tertiary/aromatic N) is 1. The van der Waals surface area contributed by atoms with Crippen molar-refractivity contribution in [1.29, 1.82) is 0 Å². The molecule has 4 heteroatoms. The zero-order valence-corrected chi connectivity index (χ0v) is 8.62. The molecule has 0 N–H and O–H groups in total. The quantitative estimate of drug-likeness (QED) is 0.545. The van der Waals surface area contributed by atoms with Crippen LogP contribution in [0.4, 0.5) is 0 Å². The van der Waals surface area contributed by atoms with Crippen molar-refractivity contribution in [3.05, 3.63) is 16.1 Å². The average molecular weight is 206 g/mol. The van der Waals surface area contributed by atoms with Gasteiger partial charge in [0.1, 0.15) is 5.01 Å². The lowest BCUT2D eigenvalue weighted by molar-refractivity contribution is 0.121. The third-order valence-electron chi connectivity index (χ3n) is 1.31. The molecule has 0 aliphatic carbocycles. The third-order valence-corrected chi connectivity index (χ3v) is 2.46. The second-order valence-corrected chi connectivity index (χ2v) is 3.63. The minimum Gasteiger partial charge on any atom is -0.374 e. The van der Waals surface area contributed by atoms with Crippen LogP contribution in [0.2, 0.25) is 0 Å². The van der Waals surface area contributed by atoms with E-state index in [2.05, 4.69) is 11.9 Å². The van der Waals surface area contributed by atoms with E-state index in [1.54, 1.807) is 11.3 Å². The number of alkyl halides is 1. The summed E-state index contributed by atoms with van der Waals surface area (Å²) >= 11 is 7.21. The lowest BCUT2D eigenvalue weighted by Crippen LogP contribution is -1.93. The number of hydrogen-bond donors (Lipinski definition) is 0. The van der Waals surface area contributed by atoms with Crippen molar-refractivity contribution in [2.45, 2.75) is 25.8 Å². The molecule has 0 saturated carbocycles. The molecule has 0 saturated heterocycles. The SMILES string of the molecule is CCCOCc1nc(CCl)cs1. The van der Waals surface area contributed by atoms with E-state index in [-0.39, 0.29) is 0 Å². The molecule has 0 unspecified atom stereocenters. The molecule has 0 fully saturated rings. The molecule has 12 heavy (non-hydrogen) atoms. The summed E-state index contributed by atoms with van der Waals surface area (Å²) in [5.41, 5.74) is 0.941. The summed E-state index contributed by atoms with van der Waals surface area (Å²) in [4.78, 5) is 4.26. The molecule has 0 aromatic carbocycles. The fourth-order valence-electron chi connectivity index (χ4n) is 0.780. The van der Waals surface area contributed by atoms with Gasteiger partial charge in [0.15, 0.2) is 0 Å². The van der Waals surface area contributed by atoms with E-state index in [9.17, 15) is 0 Å². The van der Waals surface area contributed by atoms with Gasteiger partial charge in [0.05, 0.1) is 18.2 Å². The van der Waals surface area contributed by atoms with Gasteiger partial charge in [-0.1, -0.05) is 6.92 Å². The van der Waals surface area contributed by atoms with Crippen molar-refractivity contribution in [3.63, 3.8) is 0 Å². The van der Waals surface area contributed by atoms with E-state index in [0.717, 1.165) is 23.7 Å². The fraction of sp³-hybridized carbons (Fsp3) is 0.625. The first-order valence-electron chi connectivity index (χ1n) is 3.93. The van der Waals surface area contributed by atoms with Crippen molar-refractivity contribution in [2.24, 2.45) is 0 Å². The molecule has 0 radical (unpaired) electrons. The van der Waals surface area contributed by atoms with E-state index < -0.39 is 0 Å². The van der Waals surface area contributed by atoms with Crippen LogP contribution < -0.4 is 0 Å². The molecule has 1 aromatic rings. The minimum absolute atomic E-state index is 0.490. The maximum atomic E-state index is 5.60. The molecule has 68 valence electrons. The first-order chi connectivity index (χ1) is 5.86. The molecule has 0 aliphatic heterocycles. The number of ether oxygens (including phenoxy) is 1. The van der Waals surface area contributed by atoms with Gasteiger partial charge in [-0.15, -0.1) is 22.9 Å². The Morgan fingerprint density at radius 2 is 2.50 bits per heavy atom. The van der Waals surface area contributed by atoms with Crippen LogP contribution in [-0.4, -0.2) is 11.6 Å². The normalized spacial score (nSPS) is 10.5. The van der Waals surface area contributed by atoms with Gasteiger partial charge in [-0.05, 0) is 6.42 Å². The zero-order valence-electron chi connectivity index (χ0n) is 7.05. The van der Waals surface area contributed by atoms with Crippen LogP contribution in [0, 0.1) is 0 Å². The highest BCUT2D eigenvalue weighted by Crippen LogP contribution is 2.12. The molecule has 0 atom stereocenters. The first-order valence-corrected chi connectivity index (χ1v) is 5.35. The number of aromatic nitrogens is 1. The summed E-state index contributed by atoms with van der Waals surface area (Å²) in [6.45, 7) is 3.51. The van der Waals surface area contributed by atoms with E-state index in [1.807, 2.05) is 5.38 Å². The van der Waals surface area contributed by atoms with E-state index in [0.29, 0.717) is 12.5 Å². The molecule has 1 rings (SSSR count). The Hall–Kier alpha value is -0.120. The second kappa shape index (κ2) is 5.51. The van der Waals surface area contributed by atoms with Gasteiger partial charge in [-0.2, -0.15) is 0 Å². The molecule has 0 amide bonds. The minimum atomic E-state index is 0.490. The predicted molar refractivity (Wildman–Crippen MR) is 51.6 cm³/mol. The zero-order chi connectivity index (χ0) is 8.81.